The Morgan fingerprint density at radius 3 is 2.56 bits per heavy atom. The molecule has 0 aliphatic rings. The number of esters is 1. The molecule has 0 fully saturated rings. The van der Waals surface area contributed by atoms with Gasteiger partial charge in [-0.2, -0.15) is 0 Å². The molecule has 2 rings (SSSR count). The maximum atomic E-state index is 11.8. The van der Waals surface area contributed by atoms with Crippen LogP contribution in [0.15, 0.2) is 54.6 Å². The molecule has 1 amide bonds. The fraction of sp³-hybridized carbons (Fsp3) is 0.200. The molecular weight excluding hydrogens is 318 g/mol. The van der Waals surface area contributed by atoms with E-state index in [0.717, 1.165) is 16.9 Å². The fourth-order valence-electron chi connectivity index (χ4n) is 2.12. The van der Waals surface area contributed by atoms with Crippen LogP contribution in [0.5, 0.6) is 5.75 Å². The molecule has 0 saturated carbocycles. The molecule has 1 N–H and O–H groups in total. The first kappa shape index (κ1) is 18.3. The van der Waals surface area contributed by atoms with E-state index >= 15 is 0 Å². The number of benzene rings is 2. The van der Waals surface area contributed by atoms with E-state index in [4.69, 9.17) is 9.47 Å². The van der Waals surface area contributed by atoms with Crippen LogP contribution in [0.25, 0.3) is 6.08 Å². The summed E-state index contributed by atoms with van der Waals surface area (Å²) in [5, 5.41) is 2.65. The molecule has 0 radical (unpaired) electrons. The van der Waals surface area contributed by atoms with Crippen LogP contribution in [-0.4, -0.2) is 25.1 Å². The van der Waals surface area contributed by atoms with Crippen molar-refractivity contribution in [3.05, 3.63) is 65.7 Å². The summed E-state index contributed by atoms with van der Waals surface area (Å²) in [5.74, 6) is -0.238. The molecule has 25 heavy (non-hydrogen) atoms. The van der Waals surface area contributed by atoms with E-state index in [-0.39, 0.29) is 6.61 Å². The van der Waals surface area contributed by atoms with Crippen LogP contribution in [0.2, 0.25) is 0 Å². The highest BCUT2D eigenvalue weighted by Gasteiger charge is 2.06. The van der Waals surface area contributed by atoms with E-state index in [1.54, 1.807) is 30.3 Å². The third kappa shape index (κ3) is 6.51. The van der Waals surface area contributed by atoms with Gasteiger partial charge in [-0.05, 0) is 49.8 Å². The number of hydrogen-bond acceptors (Lipinski definition) is 4. The number of ether oxygens (including phenoxy) is 2. The summed E-state index contributed by atoms with van der Waals surface area (Å²) in [6.45, 7) is 4.11. The van der Waals surface area contributed by atoms with Crippen molar-refractivity contribution in [1.82, 2.24) is 0 Å². The quantitative estimate of drug-likeness (QED) is 0.618. The Morgan fingerprint density at radius 1 is 1.12 bits per heavy atom. The SMILES string of the molecule is CCOc1ccc(NC(=O)COC(=O)/C=C/c2cccc(C)c2)cc1. The molecule has 0 atom stereocenters. The Balaban J connectivity index is 1.78. The maximum absolute atomic E-state index is 11.8. The van der Waals surface area contributed by atoms with E-state index in [2.05, 4.69) is 5.32 Å². The highest BCUT2D eigenvalue weighted by molar-refractivity contribution is 5.94. The molecule has 0 aromatic heterocycles. The van der Waals surface area contributed by atoms with Crippen molar-refractivity contribution >= 4 is 23.6 Å². The van der Waals surface area contributed by atoms with Gasteiger partial charge < -0.3 is 14.8 Å². The second-order valence-corrected chi connectivity index (χ2v) is 5.36. The normalized spacial score (nSPS) is 10.5. The number of nitrogens with one attached hydrogen (secondary N) is 1. The lowest BCUT2D eigenvalue weighted by Gasteiger charge is -2.07. The van der Waals surface area contributed by atoms with E-state index < -0.39 is 11.9 Å². The van der Waals surface area contributed by atoms with Gasteiger partial charge in [-0.1, -0.05) is 29.8 Å². The van der Waals surface area contributed by atoms with E-state index in [1.165, 1.54) is 6.08 Å². The van der Waals surface area contributed by atoms with E-state index in [1.807, 2.05) is 38.1 Å². The zero-order chi connectivity index (χ0) is 18.1. The molecule has 0 saturated heterocycles. The number of amides is 1. The van der Waals surface area contributed by atoms with E-state index in [9.17, 15) is 9.59 Å². The van der Waals surface area contributed by atoms with Crippen LogP contribution in [-0.2, 0) is 14.3 Å². The molecule has 0 spiro atoms. The van der Waals surface area contributed by atoms with Gasteiger partial charge in [-0.25, -0.2) is 4.79 Å². The van der Waals surface area contributed by atoms with Crippen molar-refractivity contribution in [3.63, 3.8) is 0 Å². The smallest absolute Gasteiger partial charge is 0.331 e. The van der Waals surface area contributed by atoms with Crippen molar-refractivity contribution in [3.8, 4) is 5.75 Å². The van der Waals surface area contributed by atoms with Crippen molar-refractivity contribution in [1.29, 1.82) is 0 Å². The third-order valence-electron chi connectivity index (χ3n) is 3.25. The predicted octanol–water partition coefficient (Wildman–Crippen LogP) is 3.59. The maximum Gasteiger partial charge on any atom is 0.331 e. The number of carbonyl (C=O) groups excluding carboxylic acids is 2. The van der Waals surface area contributed by atoms with Crippen LogP contribution >= 0.6 is 0 Å². The number of aryl methyl sites for hydroxylation is 1. The van der Waals surface area contributed by atoms with Gasteiger partial charge in [0.1, 0.15) is 5.75 Å². The first-order valence-electron chi connectivity index (χ1n) is 8.01. The van der Waals surface area contributed by atoms with Gasteiger partial charge in [0.15, 0.2) is 6.61 Å². The monoisotopic (exact) mass is 339 g/mol. The van der Waals surface area contributed by atoms with Gasteiger partial charge in [-0.3, -0.25) is 4.79 Å². The zero-order valence-electron chi connectivity index (χ0n) is 14.3. The first-order chi connectivity index (χ1) is 12.1. The highest BCUT2D eigenvalue weighted by atomic mass is 16.5. The van der Waals surface area contributed by atoms with Crippen LogP contribution in [0.4, 0.5) is 5.69 Å². The molecule has 0 aliphatic heterocycles. The lowest BCUT2D eigenvalue weighted by molar-refractivity contribution is -0.142. The molecule has 0 unspecified atom stereocenters. The Hall–Kier alpha value is -3.08. The average molecular weight is 339 g/mol. The average Bonchev–Trinajstić information content (AvgIpc) is 2.60. The summed E-state index contributed by atoms with van der Waals surface area (Å²) in [7, 11) is 0. The Labute approximate surface area is 147 Å². The molecule has 5 heteroatoms. The van der Waals surface area contributed by atoms with Gasteiger partial charge in [-0.15, -0.1) is 0 Å². The van der Waals surface area contributed by atoms with E-state index in [0.29, 0.717) is 12.3 Å². The topological polar surface area (TPSA) is 64.6 Å². The minimum Gasteiger partial charge on any atom is -0.494 e. The Morgan fingerprint density at radius 2 is 1.88 bits per heavy atom. The lowest BCUT2D eigenvalue weighted by Crippen LogP contribution is -2.20. The summed E-state index contributed by atoms with van der Waals surface area (Å²) in [6, 6.07) is 14.7. The van der Waals surface area contributed by atoms with Gasteiger partial charge in [0, 0.05) is 11.8 Å². The van der Waals surface area contributed by atoms with Crippen molar-refractivity contribution in [2.45, 2.75) is 13.8 Å². The largest absolute Gasteiger partial charge is 0.494 e. The molecule has 2 aromatic carbocycles. The van der Waals surface area contributed by atoms with Crippen LogP contribution in [0.3, 0.4) is 0 Å². The summed E-state index contributed by atoms with van der Waals surface area (Å²) < 4.78 is 10.3. The Kier molecular flexibility index (Phi) is 6.77. The van der Waals surface area contributed by atoms with Crippen molar-refractivity contribution < 1.29 is 19.1 Å². The summed E-state index contributed by atoms with van der Waals surface area (Å²) >= 11 is 0. The summed E-state index contributed by atoms with van der Waals surface area (Å²) in [4.78, 5) is 23.5. The minimum atomic E-state index is -0.566. The Bertz CT molecular complexity index is 751. The number of rotatable bonds is 7. The third-order valence-corrected chi connectivity index (χ3v) is 3.25. The van der Waals surface area contributed by atoms with Crippen LogP contribution < -0.4 is 10.1 Å². The molecule has 0 bridgehead atoms. The molecule has 0 aliphatic carbocycles. The van der Waals surface area contributed by atoms with Crippen molar-refractivity contribution in [2.75, 3.05) is 18.5 Å². The van der Waals surface area contributed by atoms with Crippen molar-refractivity contribution in [2.24, 2.45) is 0 Å². The second kappa shape index (κ2) is 9.27. The molecule has 2 aromatic rings. The number of hydrogen-bond donors (Lipinski definition) is 1. The lowest BCUT2D eigenvalue weighted by atomic mass is 10.1. The number of carbonyl (C=O) groups is 2. The molecule has 130 valence electrons. The molecule has 0 heterocycles. The zero-order valence-corrected chi connectivity index (χ0v) is 14.3. The predicted molar refractivity (Wildman–Crippen MR) is 97.4 cm³/mol. The van der Waals surface area contributed by atoms with Crippen LogP contribution in [0.1, 0.15) is 18.1 Å². The molecule has 5 nitrogen and oxygen atoms in total. The van der Waals surface area contributed by atoms with Gasteiger partial charge in [0.25, 0.3) is 5.91 Å². The molecular formula is C20H21NO4. The van der Waals surface area contributed by atoms with Gasteiger partial charge in [0.05, 0.1) is 6.61 Å². The van der Waals surface area contributed by atoms with Gasteiger partial charge in [0.2, 0.25) is 0 Å². The first-order valence-corrected chi connectivity index (χ1v) is 8.01. The summed E-state index contributed by atoms with van der Waals surface area (Å²) in [5.41, 5.74) is 2.61. The second-order valence-electron chi connectivity index (χ2n) is 5.36. The van der Waals surface area contributed by atoms with Gasteiger partial charge >= 0.3 is 5.97 Å². The highest BCUT2D eigenvalue weighted by Crippen LogP contribution is 2.15. The standard InChI is InChI=1S/C20H21NO4/c1-3-24-18-10-8-17(9-11-18)21-19(22)14-25-20(23)12-7-16-6-4-5-15(2)13-16/h4-13H,3,14H2,1-2H3,(H,21,22)/b12-7+. The summed E-state index contributed by atoms with van der Waals surface area (Å²) in [6.07, 6.45) is 2.96. The fourth-order valence-corrected chi connectivity index (χ4v) is 2.12. The van der Waals surface area contributed by atoms with Crippen LogP contribution in [0, 0.1) is 6.92 Å². The minimum absolute atomic E-state index is 0.343. The number of anilines is 1.